The van der Waals surface area contributed by atoms with Gasteiger partial charge < -0.3 is 4.74 Å². The molecule has 1 unspecified atom stereocenters. The van der Waals surface area contributed by atoms with Crippen LogP contribution in [0.2, 0.25) is 10.0 Å². The molecule has 0 saturated carbocycles. The van der Waals surface area contributed by atoms with Crippen molar-refractivity contribution >= 4 is 34.8 Å². The molecule has 0 aliphatic heterocycles. The Morgan fingerprint density at radius 3 is 2.14 bits per heavy atom. The molecular formula is C17H17Cl3O. The van der Waals surface area contributed by atoms with Gasteiger partial charge in [0.15, 0.2) is 0 Å². The lowest BCUT2D eigenvalue weighted by molar-refractivity contribution is 0.340. The van der Waals surface area contributed by atoms with Crippen LogP contribution in [0.1, 0.15) is 34.6 Å². The molecule has 2 aromatic carbocycles. The Hall–Kier alpha value is -0.890. The van der Waals surface area contributed by atoms with Gasteiger partial charge in [-0.2, -0.15) is 0 Å². The lowest BCUT2D eigenvalue weighted by Gasteiger charge is -2.16. The quantitative estimate of drug-likeness (QED) is 0.589. The number of halogens is 3. The van der Waals surface area contributed by atoms with E-state index in [0.29, 0.717) is 22.4 Å². The van der Waals surface area contributed by atoms with Crippen LogP contribution in [0.5, 0.6) is 5.75 Å². The first-order chi connectivity index (χ1) is 9.92. The number of hydrogen-bond acceptors (Lipinski definition) is 1. The molecule has 4 heteroatoms. The molecule has 112 valence electrons. The third kappa shape index (κ3) is 3.85. The molecular weight excluding hydrogens is 327 g/mol. The summed E-state index contributed by atoms with van der Waals surface area (Å²) in [5, 5.41) is 0.734. The van der Waals surface area contributed by atoms with E-state index < -0.39 is 0 Å². The number of benzene rings is 2. The fourth-order valence-corrected chi connectivity index (χ4v) is 3.19. The van der Waals surface area contributed by atoms with E-state index in [9.17, 15) is 0 Å². The van der Waals surface area contributed by atoms with Crippen molar-refractivity contribution in [2.24, 2.45) is 0 Å². The van der Waals surface area contributed by atoms with Crippen LogP contribution in [-0.4, -0.2) is 6.61 Å². The average Bonchev–Trinajstić information content (AvgIpc) is 2.41. The monoisotopic (exact) mass is 342 g/mol. The first-order valence-corrected chi connectivity index (χ1v) is 7.95. The van der Waals surface area contributed by atoms with Crippen molar-refractivity contribution in [3.63, 3.8) is 0 Å². The number of alkyl halides is 1. The van der Waals surface area contributed by atoms with Crippen molar-refractivity contribution in [2.45, 2.75) is 26.1 Å². The molecule has 0 aliphatic rings. The van der Waals surface area contributed by atoms with Gasteiger partial charge in [0.05, 0.1) is 17.0 Å². The highest BCUT2D eigenvalue weighted by Gasteiger charge is 2.18. The normalized spacial score (nSPS) is 12.3. The minimum Gasteiger partial charge on any atom is -0.492 e. The smallest absolute Gasteiger partial charge is 0.139 e. The molecule has 0 aromatic heterocycles. The van der Waals surface area contributed by atoms with Gasteiger partial charge in [-0.25, -0.2) is 0 Å². The summed E-state index contributed by atoms with van der Waals surface area (Å²) < 4.78 is 5.44. The zero-order valence-corrected chi connectivity index (χ0v) is 14.5. The molecule has 2 aromatic rings. The van der Waals surface area contributed by atoms with Gasteiger partial charge >= 0.3 is 0 Å². The second-order valence-corrected chi connectivity index (χ2v) is 6.27. The van der Waals surface area contributed by atoms with E-state index in [2.05, 4.69) is 18.2 Å². The average molecular weight is 344 g/mol. The standard InChI is InChI=1S/C17H17Cl3O/c1-4-21-16-9-14(18)13(8-15(16)19)17(20)12-6-10(2)5-11(3)7-12/h5-9,17H,4H2,1-3H3. The summed E-state index contributed by atoms with van der Waals surface area (Å²) in [5.74, 6) is 0.581. The van der Waals surface area contributed by atoms with Gasteiger partial charge in [0.25, 0.3) is 0 Å². The van der Waals surface area contributed by atoms with Gasteiger partial charge in [-0.1, -0.05) is 52.5 Å². The van der Waals surface area contributed by atoms with E-state index in [0.717, 1.165) is 11.1 Å². The van der Waals surface area contributed by atoms with E-state index in [1.165, 1.54) is 11.1 Å². The molecule has 2 rings (SSSR count). The van der Waals surface area contributed by atoms with Gasteiger partial charge in [0.1, 0.15) is 5.75 Å². The molecule has 0 N–H and O–H groups in total. The maximum absolute atomic E-state index is 6.60. The second kappa shape index (κ2) is 6.91. The predicted octanol–water partition coefficient (Wildman–Crippen LogP) is 6.34. The van der Waals surface area contributed by atoms with Crippen molar-refractivity contribution in [1.29, 1.82) is 0 Å². The number of ether oxygens (including phenoxy) is 1. The molecule has 0 radical (unpaired) electrons. The summed E-state index contributed by atoms with van der Waals surface area (Å²) in [7, 11) is 0. The molecule has 0 amide bonds. The highest BCUT2D eigenvalue weighted by atomic mass is 35.5. The van der Waals surface area contributed by atoms with Crippen LogP contribution in [0.25, 0.3) is 0 Å². The Labute approximate surface area is 140 Å². The van der Waals surface area contributed by atoms with Crippen molar-refractivity contribution in [3.05, 3.63) is 62.6 Å². The Bertz CT molecular complexity index is 632. The summed E-state index contributed by atoms with van der Waals surface area (Å²) in [6.07, 6.45) is 0. The Balaban J connectivity index is 2.43. The topological polar surface area (TPSA) is 9.23 Å². The van der Waals surface area contributed by atoms with Crippen LogP contribution in [0.3, 0.4) is 0 Å². The minimum atomic E-state index is -0.343. The molecule has 0 fully saturated rings. The molecule has 0 aliphatic carbocycles. The van der Waals surface area contributed by atoms with Crippen molar-refractivity contribution in [2.75, 3.05) is 6.61 Å². The molecule has 0 bridgehead atoms. The highest BCUT2D eigenvalue weighted by Crippen LogP contribution is 2.39. The van der Waals surface area contributed by atoms with Crippen molar-refractivity contribution in [1.82, 2.24) is 0 Å². The maximum atomic E-state index is 6.60. The summed E-state index contributed by atoms with van der Waals surface area (Å²) >= 11 is 19.2. The van der Waals surface area contributed by atoms with Crippen LogP contribution >= 0.6 is 34.8 Å². The summed E-state index contributed by atoms with van der Waals surface area (Å²) in [6.45, 7) is 6.54. The van der Waals surface area contributed by atoms with Gasteiger partial charge in [-0.3, -0.25) is 0 Å². The van der Waals surface area contributed by atoms with Crippen LogP contribution in [0.15, 0.2) is 30.3 Å². The van der Waals surface area contributed by atoms with Gasteiger partial charge in [-0.05, 0) is 38.0 Å². The van der Waals surface area contributed by atoms with E-state index in [4.69, 9.17) is 39.5 Å². The van der Waals surface area contributed by atoms with Crippen LogP contribution in [0, 0.1) is 13.8 Å². The fraction of sp³-hybridized carbons (Fsp3) is 0.294. The third-order valence-electron chi connectivity index (χ3n) is 3.16. The number of aryl methyl sites for hydroxylation is 2. The van der Waals surface area contributed by atoms with Gasteiger partial charge in [0.2, 0.25) is 0 Å². The highest BCUT2D eigenvalue weighted by molar-refractivity contribution is 6.36. The molecule has 0 saturated heterocycles. The number of hydrogen-bond donors (Lipinski definition) is 0. The Kier molecular flexibility index (Phi) is 5.43. The molecule has 1 nitrogen and oxygen atoms in total. The SMILES string of the molecule is CCOc1cc(Cl)c(C(Cl)c2cc(C)cc(C)c2)cc1Cl. The van der Waals surface area contributed by atoms with Crippen LogP contribution in [-0.2, 0) is 0 Å². The Morgan fingerprint density at radius 2 is 1.57 bits per heavy atom. The maximum Gasteiger partial charge on any atom is 0.139 e. The third-order valence-corrected chi connectivity index (χ3v) is 4.27. The van der Waals surface area contributed by atoms with Crippen molar-refractivity contribution in [3.8, 4) is 5.75 Å². The molecule has 0 spiro atoms. The minimum absolute atomic E-state index is 0.343. The zero-order valence-electron chi connectivity index (χ0n) is 12.2. The Morgan fingerprint density at radius 1 is 0.952 bits per heavy atom. The summed E-state index contributed by atoms with van der Waals surface area (Å²) in [5.41, 5.74) is 4.14. The van der Waals surface area contributed by atoms with Gasteiger partial charge in [-0.15, -0.1) is 11.6 Å². The first kappa shape index (κ1) is 16.5. The zero-order chi connectivity index (χ0) is 15.6. The van der Waals surface area contributed by atoms with E-state index in [1.807, 2.05) is 20.8 Å². The largest absolute Gasteiger partial charge is 0.492 e. The van der Waals surface area contributed by atoms with E-state index >= 15 is 0 Å². The van der Waals surface area contributed by atoms with E-state index in [1.54, 1.807) is 12.1 Å². The first-order valence-electron chi connectivity index (χ1n) is 6.76. The summed E-state index contributed by atoms with van der Waals surface area (Å²) in [6, 6.07) is 9.74. The van der Waals surface area contributed by atoms with Crippen LogP contribution in [0.4, 0.5) is 0 Å². The molecule has 1 atom stereocenters. The second-order valence-electron chi connectivity index (χ2n) is 5.02. The lowest BCUT2D eigenvalue weighted by Crippen LogP contribution is -1.98. The molecule has 21 heavy (non-hydrogen) atoms. The summed E-state index contributed by atoms with van der Waals surface area (Å²) in [4.78, 5) is 0. The van der Waals surface area contributed by atoms with Crippen molar-refractivity contribution < 1.29 is 4.74 Å². The fourth-order valence-electron chi connectivity index (χ4n) is 2.34. The van der Waals surface area contributed by atoms with Gasteiger partial charge in [0, 0.05) is 11.1 Å². The van der Waals surface area contributed by atoms with Crippen LogP contribution < -0.4 is 4.74 Å². The van der Waals surface area contributed by atoms with E-state index in [-0.39, 0.29) is 5.38 Å². The number of rotatable bonds is 4. The predicted molar refractivity (Wildman–Crippen MR) is 91.2 cm³/mol. The molecule has 0 heterocycles. The lowest BCUT2D eigenvalue weighted by atomic mass is 10.00.